The van der Waals surface area contributed by atoms with E-state index in [2.05, 4.69) is 26.1 Å². The molecule has 10 nitrogen and oxygen atoms in total. The molecule has 0 aromatic carbocycles. The lowest BCUT2D eigenvalue weighted by atomic mass is 9.70. The van der Waals surface area contributed by atoms with Crippen LogP contribution in [-0.2, 0) is 28.5 Å². The largest absolute Gasteiger partial charge is 0.462 e. The highest BCUT2D eigenvalue weighted by atomic mass is 32.1. The Hall–Kier alpha value is -2.80. The zero-order chi connectivity index (χ0) is 35.8. The summed E-state index contributed by atoms with van der Waals surface area (Å²) >= 11 is 1.36. The van der Waals surface area contributed by atoms with Crippen molar-refractivity contribution in [2.24, 2.45) is 23.7 Å². The first-order valence-electron chi connectivity index (χ1n) is 18.2. The smallest absolute Gasteiger partial charge is 0.412 e. The predicted molar refractivity (Wildman–Crippen MR) is 190 cm³/mol. The monoisotopic (exact) mass is 711 g/mol. The van der Waals surface area contributed by atoms with Crippen molar-refractivity contribution in [3.8, 4) is 0 Å². The number of ether oxygens (including phenoxy) is 5. The third kappa shape index (κ3) is 7.41. The van der Waals surface area contributed by atoms with Crippen molar-refractivity contribution in [3.05, 3.63) is 64.6 Å². The molecule has 6 rings (SSSR count). The Bertz CT molecular complexity index is 1510. The van der Waals surface area contributed by atoms with Crippen molar-refractivity contribution >= 4 is 28.4 Å². The Morgan fingerprint density at radius 3 is 2.74 bits per heavy atom. The number of hydrogen-bond donors (Lipinski definition) is 3. The summed E-state index contributed by atoms with van der Waals surface area (Å²) in [7, 11) is 0. The molecule has 0 radical (unpaired) electrons. The Morgan fingerprint density at radius 2 is 2.00 bits per heavy atom. The molecule has 1 aliphatic carbocycles. The van der Waals surface area contributed by atoms with Crippen LogP contribution in [-0.4, -0.2) is 76.9 Å². The fourth-order valence-corrected chi connectivity index (χ4v) is 8.89. The summed E-state index contributed by atoms with van der Waals surface area (Å²) in [6, 6.07) is 3.58. The van der Waals surface area contributed by atoms with Crippen LogP contribution in [0.3, 0.4) is 0 Å². The summed E-state index contributed by atoms with van der Waals surface area (Å²) < 4.78 is 32.0. The topological polar surface area (TPSA) is 133 Å². The fraction of sp³-hybridized carbons (Fsp3) is 0.641. The number of thiophene rings is 1. The van der Waals surface area contributed by atoms with Crippen molar-refractivity contribution in [1.82, 2.24) is 0 Å². The van der Waals surface area contributed by atoms with Crippen LogP contribution in [0.1, 0.15) is 80.1 Å². The predicted octanol–water partition coefficient (Wildman–Crippen LogP) is 6.85. The van der Waals surface area contributed by atoms with Crippen molar-refractivity contribution in [2.45, 2.75) is 128 Å². The second-order valence-corrected chi connectivity index (χ2v) is 16.0. The summed E-state index contributed by atoms with van der Waals surface area (Å²) in [5.41, 5.74) is 0.00412. The number of aliphatic hydroxyl groups is 2. The zero-order valence-corrected chi connectivity index (χ0v) is 30.8. The quantitative estimate of drug-likeness (QED) is 0.227. The molecule has 50 heavy (non-hydrogen) atoms. The summed E-state index contributed by atoms with van der Waals surface area (Å²) in [5, 5.41) is 29.0. The molecule has 274 valence electrons. The Balaban J connectivity index is 1.35. The molecule has 5 aliphatic rings. The number of carbonyl (C=O) groups is 2. The molecule has 12 atom stereocenters. The summed E-state index contributed by atoms with van der Waals surface area (Å²) in [4.78, 5) is 27.3. The Labute approximate surface area is 299 Å². The number of rotatable bonds is 4. The van der Waals surface area contributed by atoms with E-state index in [9.17, 15) is 19.8 Å². The van der Waals surface area contributed by atoms with E-state index in [0.717, 1.165) is 18.4 Å². The van der Waals surface area contributed by atoms with Crippen LogP contribution < -0.4 is 5.32 Å². The second kappa shape index (κ2) is 15.0. The van der Waals surface area contributed by atoms with Gasteiger partial charge in [0.15, 0.2) is 11.9 Å². The van der Waals surface area contributed by atoms with Gasteiger partial charge in [-0.15, -0.1) is 11.3 Å². The average Bonchev–Trinajstić information content (AvgIpc) is 3.72. The van der Waals surface area contributed by atoms with Crippen LogP contribution in [0.4, 0.5) is 9.80 Å². The highest BCUT2D eigenvalue weighted by Crippen LogP contribution is 2.48. The maximum atomic E-state index is 14.4. The zero-order valence-electron chi connectivity index (χ0n) is 30.0. The van der Waals surface area contributed by atoms with E-state index in [4.69, 9.17) is 23.7 Å². The van der Waals surface area contributed by atoms with Gasteiger partial charge in [-0.2, -0.15) is 0 Å². The summed E-state index contributed by atoms with van der Waals surface area (Å²) in [6.45, 7) is 12.2. The third-order valence-corrected chi connectivity index (χ3v) is 12.2. The van der Waals surface area contributed by atoms with Crippen molar-refractivity contribution in [1.29, 1.82) is 0 Å². The first kappa shape index (κ1) is 37.0. The maximum absolute atomic E-state index is 14.4. The normalized spacial score (nSPS) is 42.5. The molecule has 1 aromatic heterocycles. The average molecular weight is 712 g/mol. The minimum absolute atomic E-state index is 0.0103. The van der Waals surface area contributed by atoms with Gasteiger partial charge >= 0.3 is 12.1 Å². The molecule has 5 heterocycles. The van der Waals surface area contributed by atoms with E-state index < -0.39 is 53.8 Å². The molecule has 1 aromatic rings. The van der Waals surface area contributed by atoms with E-state index in [1.807, 2.05) is 37.4 Å². The Morgan fingerprint density at radius 1 is 1.20 bits per heavy atom. The molecule has 2 bridgehead atoms. The van der Waals surface area contributed by atoms with E-state index in [-0.39, 0.29) is 24.7 Å². The number of esters is 1. The molecule has 0 unspecified atom stereocenters. The van der Waals surface area contributed by atoms with Crippen LogP contribution in [0.15, 0.2) is 64.6 Å². The van der Waals surface area contributed by atoms with E-state index in [0.29, 0.717) is 53.7 Å². The molecular weight excluding hydrogens is 658 g/mol. The van der Waals surface area contributed by atoms with Gasteiger partial charge < -0.3 is 33.9 Å². The lowest BCUT2D eigenvalue weighted by Gasteiger charge is -2.51. The molecule has 1 spiro atoms. The SMILES string of the molecule is CC[C@H](C)[C@H]1O[C@]2(CC[C@@H]1C)C[C@@H]1C[C@@H](C/C=C(\C)[C@@H](O)[C@@H](C)/C=C/C=C3\CO[C@@H]4[C@H](OC(=O)Nc5cccs5)C(C)=C[C@@H](C(=O)O1)[C@]34O)O2. The summed E-state index contributed by atoms with van der Waals surface area (Å²) in [5.74, 6) is -2.14. The second-order valence-electron chi connectivity index (χ2n) is 15.1. The highest BCUT2D eigenvalue weighted by Gasteiger charge is 2.61. The molecule has 1 amide bonds. The molecule has 0 saturated carbocycles. The van der Waals surface area contributed by atoms with Gasteiger partial charge in [-0.25, -0.2) is 4.79 Å². The lowest BCUT2D eigenvalue weighted by Crippen LogP contribution is -2.59. The first-order valence-corrected chi connectivity index (χ1v) is 19.0. The molecule has 3 fully saturated rings. The molecular formula is C39H53NO9S. The van der Waals surface area contributed by atoms with Crippen molar-refractivity contribution in [2.75, 3.05) is 11.9 Å². The minimum atomic E-state index is -1.86. The number of hydrogen-bond acceptors (Lipinski definition) is 10. The van der Waals surface area contributed by atoms with Gasteiger partial charge in [-0.3, -0.25) is 10.1 Å². The number of nitrogens with one attached hydrogen (secondary N) is 1. The number of fused-ring (bicyclic) bond motifs is 2. The fourth-order valence-electron chi connectivity index (χ4n) is 8.28. The number of carbonyl (C=O) groups excluding carboxylic acids is 2. The summed E-state index contributed by atoms with van der Waals surface area (Å²) in [6.07, 6.45) is 8.73. The number of allylic oxidation sites excluding steroid dienone is 2. The van der Waals surface area contributed by atoms with E-state index >= 15 is 0 Å². The number of anilines is 1. The maximum Gasteiger partial charge on any atom is 0.412 e. The van der Waals surface area contributed by atoms with Crippen LogP contribution in [0, 0.1) is 23.7 Å². The van der Waals surface area contributed by atoms with E-state index in [1.165, 1.54) is 11.3 Å². The Kier molecular flexibility index (Phi) is 11.1. The highest BCUT2D eigenvalue weighted by molar-refractivity contribution is 7.14. The first-order chi connectivity index (χ1) is 23.8. The van der Waals surface area contributed by atoms with Crippen LogP contribution in [0.5, 0.6) is 0 Å². The van der Waals surface area contributed by atoms with Crippen molar-refractivity contribution in [3.63, 3.8) is 0 Å². The lowest BCUT2D eigenvalue weighted by molar-refractivity contribution is -0.340. The molecule has 4 aliphatic heterocycles. The minimum Gasteiger partial charge on any atom is -0.462 e. The number of aliphatic hydroxyl groups excluding tert-OH is 1. The van der Waals surface area contributed by atoms with Crippen molar-refractivity contribution < 1.29 is 43.5 Å². The third-order valence-electron chi connectivity index (χ3n) is 11.4. The van der Waals surface area contributed by atoms with Gasteiger partial charge in [0.1, 0.15) is 23.7 Å². The van der Waals surface area contributed by atoms with Crippen LogP contribution >= 0.6 is 11.3 Å². The van der Waals surface area contributed by atoms with Gasteiger partial charge in [-0.1, -0.05) is 64.5 Å². The number of amides is 1. The van der Waals surface area contributed by atoms with Gasteiger partial charge in [0, 0.05) is 25.2 Å². The van der Waals surface area contributed by atoms with Gasteiger partial charge in [0.25, 0.3) is 0 Å². The molecule has 3 saturated heterocycles. The van der Waals surface area contributed by atoms with Gasteiger partial charge in [-0.05, 0) is 72.8 Å². The van der Waals surface area contributed by atoms with Gasteiger partial charge in [0.2, 0.25) is 0 Å². The van der Waals surface area contributed by atoms with Gasteiger partial charge in [0.05, 0.1) is 29.9 Å². The molecule has 3 N–H and O–H groups in total. The van der Waals surface area contributed by atoms with Crippen LogP contribution in [0.25, 0.3) is 0 Å². The van der Waals surface area contributed by atoms with E-state index in [1.54, 1.807) is 31.2 Å². The standard InChI is InChI=1S/C39H53NO9S/c1-7-22(2)33-25(5)15-16-38(49-33)20-29-19-28(48-38)14-13-24(4)32(41)23(3)10-8-11-27-21-45-35-34(47-37(43)40-31-12-9-17-50-31)26(6)18-30(36(42)46-29)39(27,35)44/h8-13,17-18,22-23,25,28-30,32-35,41,44H,7,14-16,19-21H2,1-6H3,(H,40,43)/b10-8+,24-13+,27-11+/t22-,23-,25-,28+,29-,30-,32-,33+,34+,35+,38+,39+/m0/s1. The molecule has 11 heteroatoms. The van der Waals surface area contributed by atoms with Crippen LogP contribution in [0.2, 0.25) is 0 Å².